The lowest BCUT2D eigenvalue weighted by Crippen LogP contribution is -2.00. The Morgan fingerprint density at radius 2 is 1.77 bits per heavy atom. The van der Waals surface area contributed by atoms with Crippen LogP contribution in [0.1, 0.15) is 5.69 Å². The van der Waals surface area contributed by atoms with Gasteiger partial charge in [-0.15, -0.1) is 10.2 Å². The SMILES string of the molecule is COc1ccc(-n2c(SCc3cn4ccccc4n3)nnc2-c2ccccc2Cl)cc1. The number of hydrogen-bond acceptors (Lipinski definition) is 5. The molecule has 6 nitrogen and oxygen atoms in total. The number of rotatable bonds is 6. The molecule has 0 aliphatic carbocycles. The molecule has 2 aromatic carbocycles. The van der Waals surface area contributed by atoms with Gasteiger partial charge < -0.3 is 9.14 Å². The predicted octanol–water partition coefficient (Wildman–Crippen LogP) is 5.54. The van der Waals surface area contributed by atoms with Crippen LogP contribution in [-0.2, 0) is 5.75 Å². The summed E-state index contributed by atoms with van der Waals surface area (Å²) in [5.41, 5.74) is 3.65. The molecular formula is C23H18ClN5OS. The Morgan fingerprint density at radius 1 is 0.968 bits per heavy atom. The molecule has 0 N–H and O–H groups in total. The molecule has 0 radical (unpaired) electrons. The van der Waals surface area contributed by atoms with Crippen molar-refractivity contribution in [2.75, 3.05) is 7.11 Å². The van der Waals surface area contributed by atoms with Gasteiger partial charge in [-0.05, 0) is 48.5 Å². The maximum Gasteiger partial charge on any atom is 0.196 e. The summed E-state index contributed by atoms with van der Waals surface area (Å²) in [6.07, 6.45) is 4.03. The van der Waals surface area contributed by atoms with Crippen LogP contribution in [0.2, 0.25) is 5.02 Å². The molecular weight excluding hydrogens is 430 g/mol. The molecule has 154 valence electrons. The number of ether oxygens (including phenoxy) is 1. The van der Waals surface area contributed by atoms with Crippen LogP contribution >= 0.6 is 23.4 Å². The Morgan fingerprint density at radius 3 is 2.55 bits per heavy atom. The topological polar surface area (TPSA) is 57.2 Å². The van der Waals surface area contributed by atoms with Gasteiger partial charge >= 0.3 is 0 Å². The minimum absolute atomic E-state index is 0.626. The Hall–Kier alpha value is -3.29. The van der Waals surface area contributed by atoms with E-state index in [0.717, 1.165) is 33.5 Å². The molecule has 31 heavy (non-hydrogen) atoms. The summed E-state index contributed by atoms with van der Waals surface area (Å²) in [6.45, 7) is 0. The summed E-state index contributed by atoms with van der Waals surface area (Å²) < 4.78 is 9.34. The zero-order chi connectivity index (χ0) is 21.2. The number of pyridine rings is 1. The van der Waals surface area contributed by atoms with E-state index >= 15 is 0 Å². The van der Waals surface area contributed by atoms with Gasteiger partial charge in [-0.2, -0.15) is 0 Å². The lowest BCUT2D eigenvalue weighted by atomic mass is 10.2. The number of hydrogen-bond donors (Lipinski definition) is 0. The van der Waals surface area contributed by atoms with E-state index in [1.807, 2.05) is 88.1 Å². The van der Waals surface area contributed by atoms with Crippen LogP contribution in [0.5, 0.6) is 5.75 Å². The number of methoxy groups -OCH3 is 1. The van der Waals surface area contributed by atoms with E-state index in [1.165, 1.54) is 0 Å². The Kier molecular flexibility index (Phi) is 5.36. The second kappa shape index (κ2) is 8.45. The Bertz CT molecular complexity index is 1310. The van der Waals surface area contributed by atoms with Gasteiger partial charge in [0.25, 0.3) is 0 Å². The lowest BCUT2D eigenvalue weighted by Gasteiger charge is -2.11. The largest absolute Gasteiger partial charge is 0.497 e. The van der Waals surface area contributed by atoms with Crippen LogP contribution in [-0.4, -0.2) is 31.3 Å². The zero-order valence-electron chi connectivity index (χ0n) is 16.6. The van der Waals surface area contributed by atoms with E-state index in [2.05, 4.69) is 15.2 Å². The van der Waals surface area contributed by atoms with Gasteiger partial charge in [0.05, 0.1) is 17.8 Å². The minimum Gasteiger partial charge on any atom is -0.497 e. The van der Waals surface area contributed by atoms with Gasteiger partial charge in [-0.1, -0.05) is 41.6 Å². The normalized spacial score (nSPS) is 11.2. The Balaban J connectivity index is 1.53. The van der Waals surface area contributed by atoms with Crippen molar-refractivity contribution < 1.29 is 4.74 Å². The highest BCUT2D eigenvalue weighted by atomic mass is 35.5. The van der Waals surface area contributed by atoms with Gasteiger partial charge in [0.2, 0.25) is 0 Å². The van der Waals surface area contributed by atoms with Gasteiger partial charge in [-0.25, -0.2) is 4.98 Å². The van der Waals surface area contributed by atoms with Crippen molar-refractivity contribution >= 4 is 29.0 Å². The molecule has 3 aromatic heterocycles. The molecule has 0 bridgehead atoms. The fourth-order valence-corrected chi connectivity index (χ4v) is 4.40. The third kappa shape index (κ3) is 3.89. The highest BCUT2D eigenvalue weighted by Gasteiger charge is 2.18. The average Bonchev–Trinajstić information content (AvgIpc) is 3.42. The summed E-state index contributed by atoms with van der Waals surface area (Å²) >= 11 is 8.05. The number of aromatic nitrogens is 5. The average molecular weight is 448 g/mol. The molecule has 0 unspecified atom stereocenters. The third-order valence-corrected chi connectivity index (χ3v) is 6.13. The molecule has 5 rings (SSSR count). The highest BCUT2D eigenvalue weighted by Crippen LogP contribution is 2.33. The van der Waals surface area contributed by atoms with Crippen LogP contribution in [0.4, 0.5) is 0 Å². The fraction of sp³-hybridized carbons (Fsp3) is 0.0870. The van der Waals surface area contributed by atoms with Crippen molar-refractivity contribution in [3.8, 4) is 22.8 Å². The second-order valence-electron chi connectivity index (χ2n) is 6.81. The molecule has 3 heterocycles. The predicted molar refractivity (Wildman–Crippen MR) is 123 cm³/mol. The van der Waals surface area contributed by atoms with Crippen molar-refractivity contribution in [3.63, 3.8) is 0 Å². The van der Waals surface area contributed by atoms with E-state index in [0.29, 0.717) is 16.6 Å². The molecule has 0 aliphatic rings. The monoisotopic (exact) mass is 447 g/mol. The van der Waals surface area contributed by atoms with Gasteiger partial charge in [-0.3, -0.25) is 4.57 Å². The molecule has 5 aromatic rings. The molecule has 0 atom stereocenters. The van der Waals surface area contributed by atoms with E-state index < -0.39 is 0 Å². The van der Waals surface area contributed by atoms with E-state index in [-0.39, 0.29) is 0 Å². The number of fused-ring (bicyclic) bond motifs is 1. The first-order chi connectivity index (χ1) is 15.2. The number of imidazole rings is 1. The fourth-order valence-electron chi connectivity index (χ4n) is 3.34. The smallest absolute Gasteiger partial charge is 0.196 e. The summed E-state index contributed by atoms with van der Waals surface area (Å²) in [7, 11) is 1.65. The summed E-state index contributed by atoms with van der Waals surface area (Å²) in [5, 5.41) is 10.3. The van der Waals surface area contributed by atoms with Crippen molar-refractivity contribution in [2.45, 2.75) is 10.9 Å². The van der Waals surface area contributed by atoms with Crippen molar-refractivity contribution in [2.24, 2.45) is 0 Å². The quantitative estimate of drug-likeness (QED) is 0.320. The highest BCUT2D eigenvalue weighted by molar-refractivity contribution is 7.98. The molecule has 0 saturated heterocycles. The molecule has 0 fully saturated rings. The van der Waals surface area contributed by atoms with Crippen LogP contribution in [0.3, 0.4) is 0 Å². The van der Waals surface area contributed by atoms with Crippen LogP contribution < -0.4 is 4.74 Å². The molecule has 0 saturated carbocycles. The number of thioether (sulfide) groups is 1. The first-order valence-corrected chi connectivity index (χ1v) is 11.0. The number of benzene rings is 2. The maximum absolute atomic E-state index is 6.47. The first kappa shape index (κ1) is 19.7. The lowest BCUT2D eigenvalue weighted by molar-refractivity contribution is 0.414. The summed E-state index contributed by atoms with van der Waals surface area (Å²) in [6, 6.07) is 21.4. The summed E-state index contributed by atoms with van der Waals surface area (Å²) in [4.78, 5) is 4.68. The first-order valence-electron chi connectivity index (χ1n) is 9.63. The Labute approximate surface area is 188 Å². The maximum atomic E-state index is 6.47. The van der Waals surface area contributed by atoms with E-state index in [4.69, 9.17) is 16.3 Å². The zero-order valence-corrected chi connectivity index (χ0v) is 18.2. The van der Waals surface area contributed by atoms with Gasteiger partial charge in [0.1, 0.15) is 11.4 Å². The molecule has 0 spiro atoms. The van der Waals surface area contributed by atoms with Gasteiger partial charge in [0, 0.05) is 29.4 Å². The van der Waals surface area contributed by atoms with Gasteiger partial charge in [0.15, 0.2) is 11.0 Å². The second-order valence-corrected chi connectivity index (χ2v) is 8.16. The van der Waals surface area contributed by atoms with Crippen molar-refractivity contribution in [1.29, 1.82) is 0 Å². The summed E-state index contributed by atoms with van der Waals surface area (Å²) in [5.74, 6) is 2.14. The minimum atomic E-state index is 0.626. The van der Waals surface area contributed by atoms with Crippen molar-refractivity contribution in [1.82, 2.24) is 24.1 Å². The standard InChI is InChI=1S/C23H18ClN5OS/c1-30-18-11-9-17(10-12-18)29-22(19-6-2-3-7-20(19)24)26-27-23(29)31-15-16-14-28-13-5-4-8-21(28)25-16/h2-14H,15H2,1H3. The van der Waals surface area contributed by atoms with Crippen LogP contribution in [0.25, 0.3) is 22.7 Å². The number of halogens is 1. The van der Waals surface area contributed by atoms with E-state index in [9.17, 15) is 0 Å². The number of nitrogens with zero attached hydrogens (tertiary/aromatic N) is 5. The van der Waals surface area contributed by atoms with Crippen LogP contribution in [0, 0.1) is 0 Å². The molecule has 0 amide bonds. The van der Waals surface area contributed by atoms with E-state index in [1.54, 1.807) is 18.9 Å². The van der Waals surface area contributed by atoms with Crippen molar-refractivity contribution in [3.05, 3.63) is 89.8 Å². The molecule has 8 heteroatoms. The molecule has 0 aliphatic heterocycles. The van der Waals surface area contributed by atoms with Crippen LogP contribution in [0.15, 0.2) is 84.3 Å². The third-order valence-electron chi connectivity index (χ3n) is 4.84.